The van der Waals surface area contributed by atoms with Crippen molar-refractivity contribution in [3.05, 3.63) is 41.9 Å². The minimum Gasteiger partial charge on any atom is -0.493 e. The van der Waals surface area contributed by atoms with Crippen molar-refractivity contribution in [1.29, 1.82) is 0 Å². The number of piperidine rings is 1. The van der Waals surface area contributed by atoms with E-state index in [-0.39, 0.29) is 5.82 Å². The first-order chi connectivity index (χ1) is 14.0. The number of pyridine rings is 1. The smallest absolute Gasteiger partial charge is 0.218 e. The molecule has 0 bridgehead atoms. The minimum absolute atomic E-state index is 0.340. The molecule has 5 rings (SSSR count). The fraction of sp³-hybridized carbons (Fsp3) is 0.400. The lowest BCUT2D eigenvalue weighted by Gasteiger charge is -2.27. The van der Waals surface area contributed by atoms with Crippen molar-refractivity contribution >= 4 is 11.3 Å². The molecule has 29 heavy (non-hydrogen) atoms. The summed E-state index contributed by atoms with van der Waals surface area (Å²) >= 11 is 0. The monoisotopic (exact) mass is 395 g/mol. The van der Waals surface area contributed by atoms with Gasteiger partial charge >= 0.3 is 0 Å². The zero-order valence-electron chi connectivity index (χ0n) is 16.6. The molecular formula is C20H22FN7O. The summed E-state index contributed by atoms with van der Waals surface area (Å²) in [7, 11) is 3.69. The SMILES string of the molecule is COc1cc(-c2cc(F)c3nc(C4CCN(C)CC4)cn3c2)nn2nc(C)nc12. The number of aromatic nitrogens is 6. The zero-order chi connectivity index (χ0) is 20.1. The van der Waals surface area contributed by atoms with E-state index < -0.39 is 0 Å². The Labute approximate surface area is 166 Å². The number of fused-ring (bicyclic) bond motifs is 2. The number of methoxy groups -OCH3 is 1. The topological polar surface area (TPSA) is 72.8 Å². The fourth-order valence-electron chi connectivity index (χ4n) is 3.96. The second kappa shape index (κ2) is 6.77. The van der Waals surface area contributed by atoms with E-state index in [1.165, 1.54) is 10.7 Å². The number of hydrogen-bond donors (Lipinski definition) is 0. The maximum Gasteiger partial charge on any atom is 0.218 e. The maximum absolute atomic E-state index is 14.9. The van der Waals surface area contributed by atoms with Crippen LogP contribution in [0.3, 0.4) is 0 Å². The van der Waals surface area contributed by atoms with Gasteiger partial charge in [-0.2, -0.15) is 0 Å². The van der Waals surface area contributed by atoms with Crippen molar-refractivity contribution in [2.75, 3.05) is 27.2 Å². The highest BCUT2D eigenvalue weighted by atomic mass is 19.1. The van der Waals surface area contributed by atoms with Crippen molar-refractivity contribution < 1.29 is 9.13 Å². The highest BCUT2D eigenvalue weighted by Crippen LogP contribution is 2.30. The normalized spacial score (nSPS) is 16.1. The molecule has 9 heteroatoms. The molecule has 0 spiro atoms. The molecule has 1 aliphatic heterocycles. The first-order valence-corrected chi connectivity index (χ1v) is 9.67. The molecule has 0 unspecified atom stereocenters. The second-order valence-corrected chi connectivity index (χ2v) is 7.62. The van der Waals surface area contributed by atoms with Crippen LogP contribution < -0.4 is 4.74 Å². The van der Waals surface area contributed by atoms with Crippen LogP contribution >= 0.6 is 0 Å². The molecule has 1 fully saturated rings. The van der Waals surface area contributed by atoms with Crippen LogP contribution in [0.2, 0.25) is 0 Å². The van der Waals surface area contributed by atoms with E-state index in [9.17, 15) is 4.39 Å². The lowest BCUT2D eigenvalue weighted by Crippen LogP contribution is -2.29. The molecule has 1 saturated heterocycles. The summed E-state index contributed by atoms with van der Waals surface area (Å²) in [5.41, 5.74) is 2.99. The van der Waals surface area contributed by atoms with Crippen LogP contribution in [0.15, 0.2) is 24.5 Å². The van der Waals surface area contributed by atoms with Gasteiger partial charge in [-0.3, -0.25) is 0 Å². The van der Waals surface area contributed by atoms with Gasteiger partial charge in [0.2, 0.25) is 5.65 Å². The van der Waals surface area contributed by atoms with Gasteiger partial charge in [-0.1, -0.05) is 0 Å². The number of aryl methyl sites for hydroxylation is 1. The average Bonchev–Trinajstić information content (AvgIpc) is 3.30. The van der Waals surface area contributed by atoms with Gasteiger partial charge < -0.3 is 14.0 Å². The van der Waals surface area contributed by atoms with Gasteiger partial charge in [-0.25, -0.2) is 14.4 Å². The van der Waals surface area contributed by atoms with Gasteiger partial charge in [-0.05, 0) is 46.0 Å². The predicted octanol–water partition coefficient (Wildman–Crippen LogP) is 2.70. The zero-order valence-corrected chi connectivity index (χ0v) is 16.6. The van der Waals surface area contributed by atoms with E-state index in [4.69, 9.17) is 4.74 Å². The predicted molar refractivity (Wildman–Crippen MR) is 106 cm³/mol. The van der Waals surface area contributed by atoms with Gasteiger partial charge in [-0.15, -0.1) is 14.8 Å². The Morgan fingerprint density at radius 1 is 1.07 bits per heavy atom. The molecule has 4 aromatic rings. The third kappa shape index (κ3) is 3.11. The molecule has 0 aromatic carbocycles. The lowest BCUT2D eigenvalue weighted by atomic mass is 9.94. The number of imidazole rings is 1. The highest BCUT2D eigenvalue weighted by molar-refractivity contribution is 5.66. The van der Waals surface area contributed by atoms with Crippen molar-refractivity contribution in [3.63, 3.8) is 0 Å². The van der Waals surface area contributed by atoms with Crippen molar-refractivity contribution in [2.45, 2.75) is 25.7 Å². The number of halogens is 1. The molecule has 8 nitrogen and oxygen atoms in total. The van der Waals surface area contributed by atoms with Crippen molar-refractivity contribution in [2.24, 2.45) is 0 Å². The van der Waals surface area contributed by atoms with Gasteiger partial charge in [0.25, 0.3) is 0 Å². The van der Waals surface area contributed by atoms with E-state index in [1.54, 1.807) is 24.5 Å². The molecule has 1 aliphatic rings. The van der Waals surface area contributed by atoms with Crippen LogP contribution in [-0.2, 0) is 0 Å². The van der Waals surface area contributed by atoms with E-state index in [1.807, 2.05) is 12.4 Å². The molecule has 4 aromatic heterocycles. The standard InChI is InChI=1S/C20H22FN7O/c1-12-22-20-18(29-3)9-16(25-28(20)24-12)14-8-15(21)19-23-17(11-27(19)10-14)13-4-6-26(2)7-5-13/h8-11,13H,4-7H2,1-3H3. The summed E-state index contributed by atoms with van der Waals surface area (Å²) in [6.07, 6.45) is 5.86. The summed E-state index contributed by atoms with van der Waals surface area (Å²) in [5, 5.41) is 8.75. The largest absolute Gasteiger partial charge is 0.493 e. The third-order valence-corrected chi connectivity index (χ3v) is 5.56. The summed E-state index contributed by atoms with van der Waals surface area (Å²) in [4.78, 5) is 11.2. The Morgan fingerprint density at radius 3 is 2.62 bits per heavy atom. The molecule has 150 valence electrons. The summed E-state index contributed by atoms with van der Waals surface area (Å²) in [6, 6.07) is 3.21. The first kappa shape index (κ1) is 18.0. The van der Waals surface area contributed by atoms with Crippen LogP contribution in [0, 0.1) is 12.7 Å². The molecule has 0 aliphatic carbocycles. The number of ether oxygens (including phenoxy) is 1. The first-order valence-electron chi connectivity index (χ1n) is 9.67. The summed E-state index contributed by atoms with van der Waals surface area (Å²) < 4.78 is 23.5. The summed E-state index contributed by atoms with van der Waals surface area (Å²) in [6.45, 7) is 3.86. The van der Waals surface area contributed by atoms with Crippen molar-refractivity contribution in [3.8, 4) is 17.0 Å². The third-order valence-electron chi connectivity index (χ3n) is 5.56. The van der Waals surface area contributed by atoms with E-state index in [0.29, 0.717) is 40.0 Å². The van der Waals surface area contributed by atoms with E-state index >= 15 is 0 Å². The Balaban J connectivity index is 1.58. The minimum atomic E-state index is -0.377. The maximum atomic E-state index is 14.9. The number of rotatable bonds is 3. The molecule has 0 saturated carbocycles. The number of nitrogens with zero attached hydrogens (tertiary/aromatic N) is 7. The number of hydrogen-bond acceptors (Lipinski definition) is 6. The Morgan fingerprint density at radius 2 is 1.86 bits per heavy atom. The second-order valence-electron chi connectivity index (χ2n) is 7.62. The molecule has 0 N–H and O–H groups in total. The average molecular weight is 395 g/mol. The Hall–Kier alpha value is -3.07. The Bertz CT molecular complexity index is 1210. The van der Waals surface area contributed by atoms with E-state index in [2.05, 4.69) is 32.1 Å². The molecule has 0 atom stereocenters. The molecule has 0 amide bonds. The number of likely N-dealkylation sites (tertiary alicyclic amines) is 1. The highest BCUT2D eigenvalue weighted by Gasteiger charge is 2.22. The summed E-state index contributed by atoms with van der Waals surface area (Å²) in [5.74, 6) is 1.11. The van der Waals surface area contributed by atoms with E-state index in [0.717, 1.165) is 31.6 Å². The quantitative estimate of drug-likeness (QED) is 0.531. The van der Waals surface area contributed by atoms with Gasteiger partial charge in [0, 0.05) is 29.9 Å². The van der Waals surface area contributed by atoms with Crippen LogP contribution in [0.4, 0.5) is 4.39 Å². The molecular weight excluding hydrogens is 373 g/mol. The van der Waals surface area contributed by atoms with Gasteiger partial charge in [0.05, 0.1) is 18.5 Å². The van der Waals surface area contributed by atoms with Crippen molar-refractivity contribution in [1.82, 2.24) is 34.1 Å². The lowest BCUT2D eigenvalue weighted by molar-refractivity contribution is 0.253. The van der Waals surface area contributed by atoms with Crippen LogP contribution in [0.5, 0.6) is 5.75 Å². The van der Waals surface area contributed by atoms with Gasteiger partial charge in [0.1, 0.15) is 0 Å². The van der Waals surface area contributed by atoms with Crippen LogP contribution in [0.25, 0.3) is 22.6 Å². The van der Waals surface area contributed by atoms with Crippen LogP contribution in [-0.4, -0.2) is 61.3 Å². The van der Waals surface area contributed by atoms with Crippen LogP contribution in [0.1, 0.15) is 30.3 Å². The molecule has 5 heterocycles. The Kier molecular flexibility index (Phi) is 4.20. The van der Waals surface area contributed by atoms with Gasteiger partial charge in [0.15, 0.2) is 23.0 Å². The fourth-order valence-corrected chi connectivity index (χ4v) is 3.96. The molecule has 0 radical (unpaired) electrons.